The fourth-order valence-corrected chi connectivity index (χ4v) is 10.3. The normalized spacial score (nSPS) is 22.1. The van der Waals surface area contributed by atoms with Crippen LogP contribution < -0.4 is 48.7 Å². The number of fused-ring (bicyclic) bond motifs is 1. The Labute approximate surface area is 442 Å². The number of carbonyl (C=O) groups excluding carboxylic acids is 8. The molecule has 75 heavy (non-hydrogen) atoms. The summed E-state index contributed by atoms with van der Waals surface area (Å²) in [6.07, 6.45) is -0.469. The molecule has 22 nitrogen and oxygen atoms in total. The molecule has 1 saturated heterocycles. The first-order valence-corrected chi connectivity index (χ1v) is 27.0. The molecule has 1 fully saturated rings. The Kier molecular flexibility index (Phi) is 23.8. The van der Waals surface area contributed by atoms with Crippen molar-refractivity contribution in [3.05, 3.63) is 108 Å². The molecule has 406 valence electrons. The van der Waals surface area contributed by atoms with Gasteiger partial charge in [0.15, 0.2) is 0 Å². The molecule has 7 amide bonds. The lowest BCUT2D eigenvalue weighted by atomic mass is 10.0. The number of unbranched alkanes of at least 4 members (excludes halogenated alkanes) is 1. The fourth-order valence-electron chi connectivity index (χ4n) is 7.94. The van der Waals surface area contributed by atoms with Crippen LogP contribution in [0.1, 0.15) is 49.8 Å². The van der Waals surface area contributed by atoms with Crippen LogP contribution in [-0.2, 0) is 62.4 Å². The summed E-state index contributed by atoms with van der Waals surface area (Å²) in [4.78, 5) is 115. The molecule has 0 unspecified atom stereocenters. The van der Waals surface area contributed by atoms with E-state index in [0.29, 0.717) is 24.0 Å². The molecule has 0 saturated carbocycles. The Morgan fingerprint density at radius 3 is 1.99 bits per heavy atom. The number of nitrogens with two attached hydrogens (primary N) is 2. The number of benzene rings is 3. The van der Waals surface area contributed by atoms with Crippen molar-refractivity contribution < 1.29 is 58.4 Å². The minimum Gasteiger partial charge on any atom is -0.462 e. The van der Waals surface area contributed by atoms with E-state index in [1.54, 1.807) is 60.8 Å². The molecule has 3 aromatic carbocycles. The van der Waals surface area contributed by atoms with Gasteiger partial charge in [-0.3, -0.25) is 33.6 Å². The van der Waals surface area contributed by atoms with E-state index in [0.717, 1.165) is 38.1 Å². The van der Waals surface area contributed by atoms with Crippen molar-refractivity contribution in [2.24, 2.45) is 11.5 Å². The molecule has 4 aromatic rings. The molecule has 0 bridgehead atoms. The lowest BCUT2D eigenvalue weighted by Gasteiger charge is -2.29. The largest absolute Gasteiger partial charge is 0.462 e. The number of aliphatic hydroxyl groups is 3. The van der Waals surface area contributed by atoms with E-state index in [1.807, 2.05) is 30.3 Å². The molecule has 0 aliphatic carbocycles. The number of rotatable bonds is 19. The topological polar surface area (TPSA) is 359 Å². The van der Waals surface area contributed by atoms with Gasteiger partial charge in [-0.2, -0.15) is 0 Å². The van der Waals surface area contributed by atoms with Crippen molar-refractivity contribution in [2.45, 2.75) is 113 Å². The van der Waals surface area contributed by atoms with Crippen LogP contribution in [0.3, 0.4) is 0 Å². The van der Waals surface area contributed by atoms with E-state index in [9.17, 15) is 48.6 Å². The van der Waals surface area contributed by atoms with Crippen LogP contribution >= 0.6 is 21.6 Å². The van der Waals surface area contributed by atoms with Gasteiger partial charge in [0, 0.05) is 41.4 Å². The van der Waals surface area contributed by atoms with Crippen LogP contribution in [0, 0.1) is 0 Å². The summed E-state index contributed by atoms with van der Waals surface area (Å²) in [6, 6.07) is 14.0. The molecule has 15 N–H and O–H groups in total. The smallest absolute Gasteiger partial charge is 0.331 e. The van der Waals surface area contributed by atoms with Crippen molar-refractivity contribution in [2.75, 3.05) is 31.3 Å². The number of aromatic amines is 1. The van der Waals surface area contributed by atoms with Crippen molar-refractivity contribution in [3.8, 4) is 0 Å². The van der Waals surface area contributed by atoms with Crippen molar-refractivity contribution in [3.63, 3.8) is 0 Å². The van der Waals surface area contributed by atoms with E-state index in [1.165, 1.54) is 13.8 Å². The third-order valence-electron chi connectivity index (χ3n) is 12.2. The van der Waals surface area contributed by atoms with Crippen molar-refractivity contribution in [1.29, 1.82) is 0 Å². The maximum atomic E-state index is 14.8. The van der Waals surface area contributed by atoms with Gasteiger partial charge in [-0.25, -0.2) is 4.79 Å². The Bertz CT molecular complexity index is 2540. The zero-order valence-electron chi connectivity index (χ0n) is 41.7. The molecule has 1 aliphatic rings. The Morgan fingerprint density at radius 1 is 0.733 bits per heavy atom. The summed E-state index contributed by atoms with van der Waals surface area (Å²) in [6.45, 7) is 1.25. The number of para-hydroxylation sites is 1. The second-order valence-electron chi connectivity index (χ2n) is 18.1. The summed E-state index contributed by atoms with van der Waals surface area (Å²) in [5.41, 5.74) is 15.0. The van der Waals surface area contributed by atoms with Gasteiger partial charge in [0.05, 0.1) is 24.3 Å². The standard InChI is InChI=1S/C51H68N10O12S2/c1-29(63)40(26-73-43(65)25-62)58-50(71)42-28-75-74-27-41(59-45(66)35(53)21-31-13-5-3-6-14-31)49(70)56-38(22-32-15-7-4-8-16-32)47(68)57-39(23-33-24-54-36-18-10-9-17-34(33)36)48(69)55-37(19-11-12-20-52)46(67)61-44(30(2)64)51(72)60-42/h3-10,13-18,24,29-30,35,37-42,44,54,62-64H,11-12,19-23,25-28,52-53H2,1-2H3,(H,55,69)(H,56,70)(H,57,68)(H,58,71)(H,59,66)(H,60,72)(H,61,67)/t29-,30-,35-,37+,38+,39-,40-,41+,42+,44+/m1/s1. The van der Waals surface area contributed by atoms with Gasteiger partial charge in [0.25, 0.3) is 0 Å². The van der Waals surface area contributed by atoms with Gasteiger partial charge >= 0.3 is 5.97 Å². The number of carbonyl (C=O) groups is 8. The average molecular weight is 1080 g/mol. The molecule has 1 aliphatic heterocycles. The highest BCUT2D eigenvalue weighted by molar-refractivity contribution is 8.76. The van der Waals surface area contributed by atoms with E-state index in [4.69, 9.17) is 21.3 Å². The number of ether oxygens (including phenoxy) is 1. The third-order valence-corrected chi connectivity index (χ3v) is 14.6. The van der Waals surface area contributed by atoms with Crippen LogP contribution in [0.25, 0.3) is 10.9 Å². The molecule has 0 radical (unpaired) electrons. The molecular weight excluding hydrogens is 1010 g/mol. The van der Waals surface area contributed by atoms with Gasteiger partial charge in [0.2, 0.25) is 41.4 Å². The highest BCUT2D eigenvalue weighted by Crippen LogP contribution is 2.24. The number of nitrogens with one attached hydrogen (secondary N) is 8. The molecule has 0 spiro atoms. The van der Waals surface area contributed by atoms with E-state index in [2.05, 4.69) is 42.2 Å². The lowest BCUT2D eigenvalue weighted by molar-refractivity contribution is -0.149. The fraction of sp³-hybridized carbons (Fsp3) is 0.451. The number of amides is 7. The number of H-pyrrole nitrogens is 1. The number of esters is 1. The lowest BCUT2D eigenvalue weighted by Crippen LogP contribution is -2.62. The second-order valence-corrected chi connectivity index (χ2v) is 20.7. The molecule has 24 heteroatoms. The Morgan fingerprint density at radius 2 is 1.33 bits per heavy atom. The first-order valence-electron chi connectivity index (χ1n) is 24.6. The van der Waals surface area contributed by atoms with E-state index >= 15 is 0 Å². The van der Waals surface area contributed by atoms with Crippen LogP contribution in [0.2, 0.25) is 0 Å². The predicted molar refractivity (Wildman–Crippen MR) is 283 cm³/mol. The predicted octanol–water partition coefficient (Wildman–Crippen LogP) is -1.26. The number of hydrogen-bond donors (Lipinski definition) is 13. The van der Waals surface area contributed by atoms with Crippen LogP contribution in [0.4, 0.5) is 0 Å². The van der Waals surface area contributed by atoms with Crippen molar-refractivity contribution in [1.82, 2.24) is 42.2 Å². The zero-order chi connectivity index (χ0) is 54.4. The summed E-state index contributed by atoms with van der Waals surface area (Å²) in [5, 5.41) is 50.1. The number of aromatic nitrogens is 1. The number of aliphatic hydroxyl groups excluding tert-OH is 3. The van der Waals surface area contributed by atoms with Crippen LogP contribution in [0.5, 0.6) is 0 Å². The summed E-state index contributed by atoms with van der Waals surface area (Å²) in [5.74, 6) is -7.40. The zero-order valence-corrected chi connectivity index (χ0v) is 43.3. The Balaban J connectivity index is 1.57. The van der Waals surface area contributed by atoms with Crippen LogP contribution in [-0.4, -0.2) is 159 Å². The van der Waals surface area contributed by atoms with E-state index < -0.39 is 121 Å². The average Bonchev–Trinajstić information content (AvgIpc) is 3.80. The molecule has 10 atom stereocenters. The highest BCUT2D eigenvalue weighted by atomic mass is 33.1. The summed E-state index contributed by atoms with van der Waals surface area (Å²) in [7, 11) is 1.98. The first-order chi connectivity index (χ1) is 36.0. The quantitative estimate of drug-likeness (QED) is 0.0296. The maximum Gasteiger partial charge on any atom is 0.331 e. The highest BCUT2D eigenvalue weighted by Gasteiger charge is 2.36. The Hall–Kier alpha value is -6.54. The minimum atomic E-state index is -1.72. The van der Waals surface area contributed by atoms with Gasteiger partial charge < -0.3 is 73.7 Å². The van der Waals surface area contributed by atoms with E-state index in [-0.39, 0.29) is 43.7 Å². The van der Waals surface area contributed by atoms with Gasteiger partial charge in [-0.05, 0) is 68.8 Å². The number of hydrogen-bond acceptors (Lipinski definition) is 16. The molecule has 5 rings (SSSR count). The van der Waals surface area contributed by atoms with Gasteiger partial charge in [0.1, 0.15) is 49.5 Å². The third kappa shape index (κ3) is 18.7. The van der Waals surface area contributed by atoms with Gasteiger partial charge in [-0.1, -0.05) is 100 Å². The van der Waals surface area contributed by atoms with Crippen molar-refractivity contribution >= 4 is 79.8 Å². The second kappa shape index (κ2) is 30.1. The molecular formula is C51H68N10O12S2. The summed E-state index contributed by atoms with van der Waals surface area (Å²) >= 11 is 0. The first kappa shape index (κ1) is 59.3. The SMILES string of the molecule is C[C@@H](O)[C@@H]1NC(=O)[C@H](CCCCN)NC(=O)[C@@H](Cc2c[nH]c3ccccc23)NC(=O)[C@H](Cc2ccccc2)NC(=O)[C@@H](NC(=O)[C@H](N)Cc2ccccc2)CSSC[C@@H](C(=O)N[C@H](COC(=O)CO)[C@@H](C)O)NC1=O. The summed E-state index contributed by atoms with van der Waals surface area (Å²) < 4.78 is 4.95. The molecule has 2 heterocycles. The minimum absolute atomic E-state index is 0.00591. The monoisotopic (exact) mass is 1080 g/mol. The van der Waals surface area contributed by atoms with Gasteiger partial charge in [-0.15, -0.1) is 0 Å². The molecule has 1 aromatic heterocycles. The van der Waals surface area contributed by atoms with Crippen LogP contribution in [0.15, 0.2) is 91.1 Å². The maximum absolute atomic E-state index is 14.8.